The van der Waals surface area contributed by atoms with Crippen LogP contribution in [0.3, 0.4) is 0 Å². The molecule has 196 valence electrons. The predicted molar refractivity (Wildman–Crippen MR) is 147 cm³/mol. The van der Waals surface area contributed by atoms with Gasteiger partial charge in [0.1, 0.15) is 5.82 Å². The van der Waals surface area contributed by atoms with Gasteiger partial charge in [-0.25, -0.2) is 12.8 Å². The van der Waals surface area contributed by atoms with Crippen molar-refractivity contribution in [1.29, 1.82) is 0 Å². The van der Waals surface area contributed by atoms with Gasteiger partial charge in [0, 0.05) is 37.6 Å². The van der Waals surface area contributed by atoms with Crippen LogP contribution in [0.4, 0.5) is 4.39 Å². The molecule has 0 saturated carbocycles. The molecule has 1 saturated heterocycles. The number of rotatable bonds is 5. The number of halogens is 1. The summed E-state index contributed by atoms with van der Waals surface area (Å²) >= 11 is 1.70. The van der Waals surface area contributed by atoms with Gasteiger partial charge >= 0.3 is 0 Å². The lowest BCUT2D eigenvalue weighted by Gasteiger charge is -2.39. The fourth-order valence-electron chi connectivity index (χ4n) is 5.53. The van der Waals surface area contributed by atoms with E-state index in [2.05, 4.69) is 16.3 Å². The average molecular weight is 550 g/mol. The molecule has 1 aromatic heterocycles. The molecule has 0 bridgehead atoms. The van der Waals surface area contributed by atoms with Crippen molar-refractivity contribution in [2.75, 3.05) is 39.3 Å². The maximum atomic E-state index is 14.1. The minimum Gasteiger partial charge on any atom is -0.339 e. The van der Waals surface area contributed by atoms with Crippen LogP contribution in [0.2, 0.25) is 0 Å². The van der Waals surface area contributed by atoms with Crippen LogP contribution in [0, 0.1) is 5.82 Å². The summed E-state index contributed by atoms with van der Waals surface area (Å²) in [7, 11) is -3.66. The SMILES string of the molecule is O=C(CN1CCc2sccc2C1c1cccc(F)c1)N1CCN(S(=O)(=O)c2ccc3ccccc3c2)CC1. The molecule has 0 radical (unpaired) electrons. The quantitative estimate of drug-likeness (QED) is 0.367. The molecule has 6 rings (SSSR count). The number of thiophene rings is 1. The minimum atomic E-state index is -3.66. The topological polar surface area (TPSA) is 60.9 Å². The van der Waals surface area contributed by atoms with Gasteiger partial charge in [0.05, 0.1) is 17.5 Å². The molecule has 1 unspecified atom stereocenters. The van der Waals surface area contributed by atoms with Crippen LogP contribution in [0.5, 0.6) is 0 Å². The number of amides is 1. The van der Waals surface area contributed by atoms with Gasteiger partial charge in [0.25, 0.3) is 0 Å². The maximum Gasteiger partial charge on any atom is 0.243 e. The molecule has 1 amide bonds. The highest BCUT2D eigenvalue weighted by molar-refractivity contribution is 7.89. The van der Waals surface area contributed by atoms with Crippen molar-refractivity contribution in [3.05, 3.63) is 100.0 Å². The first-order valence-electron chi connectivity index (χ1n) is 12.7. The van der Waals surface area contributed by atoms with E-state index in [9.17, 15) is 17.6 Å². The van der Waals surface area contributed by atoms with Crippen molar-refractivity contribution in [1.82, 2.24) is 14.1 Å². The lowest BCUT2D eigenvalue weighted by molar-refractivity contribution is -0.134. The van der Waals surface area contributed by atoms with E-state index in [0.717, 1.165) is 28.3 Å². The monoisotopic (exact) mass is 549 g/mol. The highest BCUT2D eigenvalue weighted by Gasteiger charge is 2.34. The van der Waals surface area contributed by atoms with Gasteiger partial charge in [-0.15, -0.1) is 11.3 Å². The molecule has 1 atom stereocenters. The Hall–Kier alpha value is -3.11. The first-order valence-corrected chi connectivity index (χ1v) is 15.0. The van der Waals surface area contributed by atoms with Gasteiger partial charge in [0.15, 0.2) is 0 Å². The third kappa shape index (κ3) is 4.75. The molecule has 9 heteroatoms. The lowest BCUT2D eigenvalue weighted by Crippen LogP contribution is -2.53. The molecule has 6 nitrogen and oxygen atoms in total. The number of nitrogens with zero attached hydrogens (tertiary/aromatic N) is 3. The third-order valence-electron chi connectivity index (χ3n) is 7.52. The molecule has 3 aromatic carbocycles. The number of sulfonamides is 1. The van der Waals surface area contributed by atoms with Crippen LogP contribution in [0.15, 0.2) is 83.1 Å². The third-order valence-corrected chi connectivity index (χ3v) is 10.4. The molecule has 0 spiro atoms. The Kier molecular flexibility index (Phi) is 6.77. The number of hydrogen-bond donors (Lipinski definition) is 0. The van der Waals surface area contributed by atoms with E-state index in [1.54, 1.807) is 40.5 Å². The van der Waals surface area contributed by atoms with Crippen LogP contribution < -0.4 is 0 Å². The Morgan fingerprint density at radius 3 is 2.47 bits per heavy atom. The minimum absolute atomic E-state index is 0.0344. The van der Waals surface area contributed by atoms with Crippen molar-refractivity contribution in [3.63, 3.8) is 0 Å². The van der Waals surface area contributed by atoms with Crippen molar-refractivity contribution >= 4 is 38.0 Å². The second-order valence-corrected chi connectivity index (χ2v) is 12.7. The second kappa shape index (κ2) is 10.2. The average Bonchev–Trinajstić information content (AvgIpc) is 3.41. The summed E-state index contributed by atoms with van der Waals surface area (Å²) in [6.45, 7) is 2.10. The summed E-state index contributed by atoms with van der Waals surface area (Å²) in [5.74, 6) is -0.326. The Labute approximate surface area is 226 Å². The number of piperazine rings is 1. The fraction of sp³-hybridized carbons (Fsp3) is 0.276. The van der Waals surface area contributed by atoms with Gasteiger partial charge in [0.2, 0.25) is 15.9 Å². The van der Waals surface area contributed by atoms with E-state index in [-0.39, 0.29) is 42.3 Å². The molecule has 38 heavy (non-hydrogen) atoms. The molecule has 4 aromatic rings. The van der Waals surface area contributed by atoms with Gasteiger partial charge in [-0.3, -0.25) is 9.69 Å². The number of carbonyl (C=O) groups is 1. The normalized spacial score (nSPS) is 19.0. The zero-order valence-corrected chi connectivity index (χ0v) is 22.4. The molecule has 2 aliphatic heterocycles. The van der Waals surface area contributed by atoms with Crippen LogP contribution in [-0.2, 0) is 21.2 Å². The molecular formula is C29H28FN3O3S2. The predicted octanol–water partition coefficient (Wildman–Crippen LogP) is 4.52. The first kappa shape index (κ1) is 25.2. The molecule has 3 heterocycles. The van der Waals surface area contributed by atoms with Crippen molar-refractivity contribution < 1.29 is 17.6 Å². The summed E-state index contributed by atoms with van der Waals surface area (Å²) < 4.78 is 42.2. The van der Waals surface area contributed by atoms with Gasteiger partial charge in [-0.1, -0.05) is 42.5 Å². The number of hydrogen-bond acceptors (Lipinski definition) is 5. The highest BCUT2D eigenvalue weighted by Crippen LogP contribution is 2.38. The summed E-state index contributed by atoms with van der Waals surface area (Å²) in [6.07, 6.45) is 0.851. The van der Waals surface area contributed by atoms with Gasteiger partial charge < -0.3 is 4.90 Å². The molecular weight excluding hydrogens is 521 g/mol. The largest absolute Gasteiger partial charge is 0.339 e. The van der Waals surface area contributed by atoms with Gasteiger partial charge in [-0.2, -0.15) is 4.31 Å². The molecule has 0 aliphatic carbocycles. The van der Waals surface area contributed by atoms with E-state index in [1.165, 1.54) is 15.2 Å². The highest BCUT2D eigenvalue weighted by atomic mass is 32.2. The number of carbonyl (C=O) groups excluding carboxylic acids is 1. The molecule has 2 aliphatic rings. The second-order valence-electron chi connectivity index (χ2n) is 9.77. The van der Waals surface area contributed by atoms with Crippen LogP contribution >= 0.6 is 11.3 Å². The van der Waals surface area contributed by atoms with E-state index in [1.807, 2.05) is 36.4 Å². The Bertz CT molecular complexity index is 1600. The Balaban J connectivity index is 1.14. The van der Waals surface area contributed by atoms with E-state index in [0.29, 0.717) is 19.6 Å². The van der Waals surface area contributed by atoms with E-state index < -0.39 is 10.0 Å². The van der Waals surface area contributed by atoms with Crippen LogP contribution in [-0.4, -0.2) is 67.7 Å². The van der Waals surface area contributed by atoms with Crippen LogP contribution in [0.25, 0.3) is 10.8 Å². The number of benzene rings is 3. The Morgan fingerprint density at radius 2 is 1.68 bits per heavy atom. The number of fused-ring (bicyclic) bond motifs is 2. The summed E-state index contributed by atoms with van der Waals surface area (Å²) in [6, 6.07) is 21.4. The van der Waals surface area contributed by atoms with Crippen molar-refractivity contribution in [2.24, 2.45) is 0 Å². The maximum absolute atomic E-state index is 14.1. The fourth-order valence-corrected chi connectivity index (χ4v) is 7.90. The van der Waals surface area contributed by atoms with Gasteiger partial charge in [-0.05, 0) is 64.0 Å². The zero-order valence-electron chi connectivity index (χ0n) is 20.8. The standard InChI is InChI=1S/C29H28FN3O3S2/c30-24-7-3-6-23(18-24)29-26-11-17-37-27(26)10-12-32(29)20-28(34)31-13-15-33(16-14-31)38(35,36)25-9-8-21-4-1-2-5-22(21)19-25/h1-9,11,17-19,29H,10,12-16,20H2. The molecule has 0 N–H and O–H groups in total. The van der Waals surface area contributed by atoms with Crippen LogP contribution in [0.1, 0.15) is 22.0 Å². The van der Waals surface area contributed by atoms with E-state index >= 15 is 0 Å². The van der Waals surface area contributed by atoms with E-state index in [4.69, 9.17) is 0 Å². The Morgan fingerprint density at radius 1 is 0.895 bits per heavy atom. The summed E-state index contributed by atoms with van der Waals surface area (Å²) in [5.41, 5.74) is 1.97. The lowest BCUT2D eigenvalue weighted by atomic mass is 9.93. The summed E-state index contributed by atoms with van der Waals surface area (Å²) in [4.78, 5) is 18.8. The van der Waals surface area contributed by atoms with Crippen molar-refractivity contribution in [2.45, 2.75) is 17.4 Å². The molecule has 1 fully saturated rings. The summed E-state index contributed by atoms with van der Waals surface area (Å²) in [5, 5.41) is 3.92. The zero-order chi connectivity index (χ0) is 26.3. The first-order chi connectivity index (χ1) is 18.4. The smallest absolute Gasteiger partial charge is 0.243 e. The van der Waals surface area contributed by atoms with Crippen molar-refractivity contribution in [3.8, 4) is 0 Å².